The van der Waals surface area contributed by atoms with Gasteiger partial charge in [-0.1, -0.05) is 0 Å². The molecule has 5 atom stereocenters. The highest BCUT2D eigenvalue weighted by Gasteiger charge is 2.47. The van der Waals surface area contributed by atoms with Crippen LogP contribution >= 0.6 is 0 Å². The minimum Gasteiger partial charge on any atom is -0.480 e. The van der Waals surface area contributed by atoms with Crippen molar-refractivity contribution in [3.8, 4) is 0 Å². The fraction of sp³-hybridized carbons (Fsp3) is 0.846. The minimum atomic E-state index is -1.07. The molecule has 2 amide bonds. The molecule has 2 saturated heterocycles. The van der Waals surface area contributed by atoms with Gasteiger partial charge in [-0.05, 0) is 18.8 Å². The highest BCUT2D eigenvalue weighted by molar-refractivity contribution is 5.83. The third kappa shape index (κ3) is 2.14. The Labute approximate surface area is 116 Å². The van der Waals surface area contributed by atoms with Crippen molar-refractivity contribution in [2.45, 2.75) is 37.5 Å². The number of amides is 2. The van der Waals surface area contributed by atoms with E-state index >= 15 is 0 Å². The second kappa shape index (κ2) is 4.89. The van der Waals surface area contributed by atoms with Gasteiger partial charge in [0.2, 0.25) is 0 Å². The van der Waals surface area contributed by atoms with Gasteiger partial charge in [0.15, 0.2) is 0 Å². The number of carboxylic acid groups (broad SMARTS) is 1. The van der Waals surface area contributed by atoms with Crippen LogP contribution in [0, 0.1) is 11.8 Å². The zero-order valence-corrected chi connectivity index (χ0v) is 11.2. The van der Waals surface area contributed by atoms with Gasteiger partial charge >= 0.3 is 12.0 Å². The number of urea groups is 1. The van der Waals surface area contributed by atoms with E-state index in [2.05, 4.69) is 0 Å². The van der Waals surface area contributed by atoms with E-state index in [1.54, 1.807) is 4.90 Å². The Morgan fingerprint density at radius 1 is 1.05 bits per heavy atom. The van der Waals surface area contributed by atoms with Crippen molar-refractivity contribution in [2.75, 3.05) is 19.6 Å². The first kappa shape index (κ1) is 13.6. The molecule has 1 saturated carbocycles. The monoisotopic (exact) mass is 284 g/mol. The second-order valence-electron chi connectivity index (χ2n) is 6.15. The highest BCUT2D eigenvalue weighted by Crippen LogP contribution is 2.38. The number of hydrogen-bond donors (Lipinski definition) is 3. The molecule has 0 aromatic heterocycles. The minimum absolute atomic E-state index is 0.0736. The molecule has 0 aromatic carbocycles. The van der Waals surface area contributed by atoms with Crippen molar-refractivity contribution in [3.63, 3.8) is 0 Å². The zero-order valence-electron chi connectivity index (χ0n) is 11.2. The van der Waals surface area contributed by atoms with Crippen LogP contribution in [-0.2, 0) is 4.79 Å². The van der Waals surface area contributed by atoms with Crippen LogP contribution in [0.5, 0.6) is 0 Å². The molecule has 112 valence electrons. The smallest absolute Gasteiger partial charge is 0.326 e. The number of fused-ring (bicyclic) bond motifs is 1. The summed E-state index contributed by atoms with van der Waals surface area (Å²) in [6.07, 6.45) is 0.674. The molecule has 7 heteroatoms. The topological polar surface area (TPSA) is 101 Å². The van der Waals surface area contributed by atoms with Crippen molar-refractivity contribution < 1.29 is 24.9 Å². The van der Waals surface area contributed by atoms with E-state index < -0.39 is 18.1 Å². The normalized spacial score (nSPS) is 40.2. The lowest BCUT2D eigenvalue weighted by Gasteiger charge is -2.28. The molecule has 20 heavy (non-hydrogen) atoms. The molecule has 3 unspecified atom stereocenters. The molecule has 0 aromatic rings. The van der Waals surface area contributed by atoms with Crippen LogP contribution in [0.2, 0.25) is 0 Å². The van der Waals surface area contributed by atoms with Crippen LogP contribution in [0.15, 0.2) is 0 Å². The van der Waals surface area contributed by atoms with Gasteiger partial charge < -0.3 is 25.1 Å². The molecule has 2 heterocycles. The number of hydrogen-bond acceptors (Lipinski definition) is 4. The standard InChI is InChI=1S/C13H20N2O5/c16-8-3-10(12(18)19)15(5-8)13(20)14-4-7-1-2-11(17)9(7)6-14/h7-11,16-17H,1-6H2,(H,18,19)/t7?,8-,9?,10-,11?/m1/s1. The maximum atomic E-state index is 12.4. The van der Waals surface area contributed by atoms with Crippen LogP contribution < -0.4 is 0 Å². The van der Waals surface area contributed by atoms with Crippen molar-refractivity contribution in [2.24, 2.45) is 11.8 Å². The van der Waals surface area contributed by atoms with E-state index in [4.69, 9.17) is 5.11 Å². The van der Waals surface area contributed by atoms with Crippen molar-refractivity contribution >= 4 is 12.0 Å². The van der Waals surface area contributed by atoms with Crippen molar-refractivity contribution in [1.82, 2.24) is 9.80 Å². The summed E-state index contributed by atoms with van der Waals surface area (Å²) in [7, 11) is 0. The first-order chi connectivity index (χ1) is 9.47. The first-order valence-electron chi connectivity index (χ1n) is 7.12. The third-order valence-electron chi connectivity index (χ3n) is 4.90. The average molecular weight is 284 g/mol. The van der Waals surface area contributed by atoms with Crippen molar-refractivity contribution in [1.29, 1.82) is 0 Å². The zero-order chi connectivity index (χ0) is 14.4. The number of likely N-dealkylation sites (tertiary alicyclic amines) is 2. The maximum absolute atomic E-state index is 12.4. The summed E-state index contributed by atoms with van der Waals surface area (Å²) >= 11 is 0. The Morgan fingerprint density at radius 3 is 2.45 bits per heavy atom. The molecule has 3 aliphatic rings. The molecule has 3 N–H and O–H groups in total. The Hall–Kier alpha value is -1.34. The van der Waals surface area contributed by atoms with Gasteiger partial charge in [-0.15, -0.1) is 0 Å². The van der Waals surface area contributed by atoms with Crippen molar-refractivity contribution in [3.05, 3.63) is 0 Å². The number of carboxylic acids is 1. The maximum Gasteiger partial charge on any atom is 0.326 e. The Balaban J connectivity index is 1.69. The van der Waals surface area contributed by atoms with Gasteiger partial charge in [0.05, 0.1) is 12.2 Å². The molecule has 1 aliphatic carbocycles. The summed E-state index contributed by atoms with van der Waals surface area (Å²) < 4.78 is 0. The molecule has 2 aliphatic heterocycles. The fourth-order valence-corrected chi connectivity index (χ4v) is 3.83. The molecule has 0 spiro atoms. The van der Waals surface area contributed by atoms with E-state index in [1.807, 2.05) is 0 Å². The number of carbonyl (C=O) groups excluding carboxylic acids is 1. The number of nitrogens with zero attached hydrogens (tertiary/aromatic N) is 2. The van der Waals surface area contributed by atoms with Gasteiger partial charge in [0.1, 0.15) is 6.04 Å². The second-order valence-corrected chi connectivity index (χ2v) is 6.15. The molecular weight excluding hydrogens is 264 g/mol. The van der Waals surface area contributed by atoms with E-state index in [9.17, 15) is 19.8 Å². The number of aliphatic carboxylic acids is 1. The quantitative estimate of drug-likeness (QED) is 0.593. The summed E-state index contributed by atoms with van der Waals surface area (Å²) in [5, 5.41) is 28.6. The van der Waals surface area contributed by atoms with Crippen LogP contribution in [-0.4, -0.2) is 75.0 Å². The molecule has 3 fully saturated rings. The number of aliphatic hydroxyl groups excluding tert-OH is 2. The Bertz CT molecular complexity index is 429. The van der Waals surface area contributed by atoms with Gasteiger partial charge in [0.25, 0.3) is 0 Å². The fourth-order valence-electron chi connectivity index (χ4n) is 3.83. The molecule has 0 bridgehead atoms. The highest BCUT2D eigenvalue weighted by atomic mass is 16.4. The van der Waals surface area contributed by atoms with Gasteiger partial charge in [0, 0.05) is 32.0 Å². The van der Waals surface area contributed by atoms with Gasteiger partial charge in [-0.3, -0.25) is 0 Å². The van der Waals surface area contributed by atoms with E-state index in [0.717, 1.165) is 12.8 Å². The van der Waals surface area contributed by atoms with Crippen LogP contribution in [0.25, 0.3) is 0 Å². The lowest BCUT2D eigenvalue weighted by atomic mass is 10.00. The molecular formula is C13H20N2O5. The Morgan fingerprint density at radius 2 is 1.80 bits per heavy atom. The lowest BCUT2D eigenvalue weighted by Crippen LogP contribution is -2.48. The predicted molar refractivity (Wildman–Crippen MR) is 67.9 cm³/mol. The summed E-state index contributed by atoms with van der Waals surface area (Å²) in [6, 6.07) is -1.27. The number of aliphatic hydroxyl groups is 2. The number of carbonyl (C=O) groups is 2. The largest absolute Gasteiger partial charge is 0.480 e. The summed E-state index contributed by atoms with van der Waals surface area (Å²) in [4.78, 5) is 26.5. The third-order valence-corrected chi connectivity index (χ3v) is 4.90. The Kier molecular flexibility index (Phi) is 3.33. The van der Waals surface area contributed by atoms with E-state index in [1.165, 1.54) is 4.90 Å². The van der Waals surface area contributed by atoms with Gasteiger partial charge in [-0.2, -0.15) is 0 Å². The van der Waals surface area contributed by atoms with Crippen LogP contribution in [0.4, 0.5) is 4.79 Å². The summed E-state index contributed by atoms with van der Waals surface area (Å²) in [5.74, 6) is -0.631. The summed E-state index contributed by atoms with van der Waals surface area (Å²) in [5.41, 5.74) is 0. The molecule has 7 nitrogen and oxygen atoms in total. The SMILES string of the molecule is O=C(O)[C@H]1C[C@@H](O)CN1C(=O)N1CC2CCC(O)C2C1. The van der Waals surface area contributed by atoms with Gasteiger partial charge in [-0.25, -0.2) is 9.59 Å². The summed E-state index contributed by atoms with van der Waals surface area (Å²) in [6.45, 7) is 1.15. The number of rotatable bonds is 1. The molecule has 0 radical (unpaired) electrons. The predicted octanol–water partition coefficient (Wildman–Crippen LogP) is -0.671. The average Bonchev–Trinajstić information content (AvgIpc) is 3.05. The first-order valence-corrected chi connectivity index (χ1v) is 7.12. The van der Waals surface area contributed by atoms with Crippen LogP contribution in [0.1, 0.15) is 19.3 Å². The lowest BCUT2D eigenvalue weighted by molar-refractivity contribution is -0.141. The van der Waals surface area contributed by atoms with E-state index in [0.29, 0.717) is 19.0 Å². The number of β-amino-alcohol motifs (C(OH)–C–C–N with tert-alkyl or cyclic N) is 1. The van der Waals surface area contributed by atoms with E-state index in [-0.39, 0.29) is 31.0 Å². The molecule has 3 rings (SSSR count). The van der Waals surface area contributed by atoms with Crippen LogP contribution in [0.3, 0.4) is 0 Å².